The number of nitrogens with zero attached hydrogens (tertiary/aromatic N) is 1. The van der Waals surface area contributed by atoms with E-state index in [4.69, 9.17) is 0 Å². The highest BCUT2D eigenvalue weighted by Gasteiger charge is 2.45. The Bertz CT molecular complexity index is 928. The molecule has 1 amide bonds. The molecule has 1 aliphatic carbocycles. The van der Waals surface area contributed by atoms with E-state index in [2.05, 4.69) is 5.32 Å². The molecule has 0 spiro atoms. The number of hydrogen-bond acceptors (Lipinski definition) is 3. The minimum Gasteiger partial charge on any atom is -0.352 e. The molecule has 1 aliphatic rings. The number of halogens is 1. The van der Waals surface area contributed by atoms with Crippen molar-refractivity contribution in [3.63, 3.8) is 0 Å². The van der Waals surface area contributed by atoms with Crippen LogP contribution in [0, 0.1) is 11.7 Å². The maximum atomic E-state index is 13.8. The highest BCUT2D eigenvalue weighted by Crippen LogP contribution is 2.48. The van der Waals surface area contributed by atoms with E-state index in [1.807, 2.05) is 0 Å². The van der Waals surface area contributed by atoms with Gasteiger partial charge in [0.15, 0.2) is 0 Å². The predicted octanol–water partition coefficient (Wildman–Crippen LogP) is 2.50. The lowest BCUT2D eigenvalue weighted by Crippen LogP contribution is -2.28. The molecule has 0 radical (unpaired) electrons. The first-order valence-corrected chi connectivity index (χ1v) is 9.79. The Labute approximate surface area is 152 Å². The van der Waals surface area contributed by atoms with E-state index in [-0.39, 0.29) is 35.0 Å². The summed E-state index contributed by atoms with van der Waals surface area (Å²) in [5, 5.41) is 2.79. The van der Waals surface area contributed by atoms with Gasteiger partial charge in [0, 0.05) is 26.6 Å². The predicted molar refractivity (Wildman–Crippen MR) is 96.4 cm³/mol. The first kappa shape index (κ1) is 18.5. The molecule has 0 aliphatic heterocycles. The zero-order valence-corrected chi connectivity index (χ0v) is 15.5. The number of nitrogens with one attached hydrogen (secondary N) is 1. The molecule has 1 N–H and O–H groups in total. The third kappa shape index (κ3) is 3.64. The van der Waals surface area contributed by atoms with Crippen LogP contribution in [0.25, 0.3) is 0 Å². The monoisotopic (exact) mass is 376 g/mol. The Hall–Kier alpha value is -2.25. The van der Waals surface area contributed by atoms with Crippen LogP contribution in [0.5, 0.6) is 0 Å². The normalized spacial score (nSPS) is 19.4. The van der Waals surface area contributed by atoms with Crippen molar-refractivity contribution in [1.29, 1.82) is 0 Å². The summed E-state index contributed by atoms with van der Waals surface area (Å²) in [4.78, 5) is 12.5. The minimum atomic E-state index is -3.59. The lowest BCUT2D eigenvalue weighted by Gasteiger charge is -2.15. The average molecular weight is 376 g/mol. The minimum absolute atomic E-state index is 0.114. The second-order valence-electron chi connectivity index (χ2n) is 6.58. The summed E-state index contributed by atoms with van der Waals surface area (Å²) in [6.45, 7) is 0.114. The molecule has 2 aromatic rings. The molecule has 26 heavy (non-hydrogen) atoms. The van der Waals surface area contributed by atoms with Gasteiger partial charge in [-0.05, 0) is 35.6 Å². The van der Waals surface area contributed by atoms with Crippen molar-refractivity contribution in [2.45, 2.75) is 23.8 Å². The van der Waals surface area contributed by atoms with Crippen molar-refractivity contribution in [2.24, 2.45) is 5.92 Å². The Morgan fingerprint density at radius 1 is 1.15 bits per heavy atom. The third-order valence-corrected chi connectivity index (χ3v) is 6.53. The van der Waals surface area contributed by atoms with E-state index < -0.39 is 10.0 Å². The molecule has 2 aromatic carbocycles. The number of hydrogen-bond donors (Lipinski definition) is 1. The Morgan fingerprint density at radius 2 is 1.81 bits per heavy atom. The second-order valence-corrected chi connectivity index (χ2v) is 8.70. The van der Waals surface area contributed by atoms with Gasteiger partial charge in [-0.2, -0.15) is 0 Å². The van der Waals surface area contributed by atoms with Crippen molar-refractivity contribution in [3.8, 4) is 0 Å². The van der Waals surface area contributed by atoms with Crippen LogP contribution in [-0.2, 0) is 21.4 Å². The van der Waals surface area contributed by atoms with Crippen molar-refractivity contribution < 1.29 is 17.6 Å². The van der Waals surface area contributed by atoms with Crippen LogP contribution >= 0.6 is 0 Å². The molecular weight excluding hydrogens is 355 g/mol. The van der Waals surface area contributed by atoms with Crippen LogP contribution in [0.3, 0.4) is 0 Å². The van der Waals surface area contributed by atoms with Crippen LogP contribution in [-0.4, -0.2) is 32.7 Å². The van der Waals surface area contributed by atoms with Gasteiger partial charge in [0.25, 0.3) is 0 Å². The fourth-order valence-electron chi connectivity index (χ4n) is 3.02. The Kier molecular flexibility index (Phi) is 5.11. The molecular formula is C19H21FN2O3S. The topological polar surface area (TPSA) is 66.5 Å². The molecule has 2 atom stereocenters. The molecule has 0 unspecified atom stereocenters. The van der Waals surface area contributed by atoms with Gasteiger partial charge in [-0.1, -0.05) is 36.4 Å². The lowest BCUT2D eigenvalue weighted by atomic mass is 10.1. The molecule has 7 heteroatoms. The van der Waals surface area contributed by atoms with Crippen molar-refractivity contribution >= 4 is 15.9 Å². The van der Waals surface area contributed by atoms with E-state index in [0.29, 0.717) is 17.5 Å². The zero-order chi connectivity index (χ0) is 18.9. The van der Waals surface area contributed by atoms with Gasteiger partial charge >= 0.3 is 0 Å². The molecule has 138 valence electrons. The molecule has 3 rings (SSSR count). The van der Waals surface area contributed by atoms with Gasteiger partial charge in [-0.25, -0.2) is 17.1 Å². The first-order valence-electron chi connectivity index (χ1n) is 8.35. The van der Waals surface area contributed by atoms with E-state index >= 15 is 0 Å². The summed E-state index contributed by atoms with van der Waals surface area (Å²) in [6.07, 6.45) is 0.602. The van der Waals surface area contributed by atoms with Gasteiger partial charge < -0.3 is 5.32 Å². The standard InChI is InChI=1S/C19H21FN2O3S/c1-22(2)26(24,25)18-10-6-3-7-13(18)12-21-19(23)16-11-15(16)14-8-4-5-9-17(14)20/h3-10,15-16H,11-12H2,1-2H3,(H,21,23)/t15-,16+/m1/s1. The molecule has 1 saturated carbocycles. The zero-order valence-electron chi connectivity index (χ0n) is 14.6. The number of carbonyl (C=O) groups is 1. The van der Waals surface area contributed by atoms with Crippen molar-refractivity contribution in [1.82, 2.24) is 9.62 Å². The van der Waals surface area contributed by atoms with Crippen LogP contribution < -0.4 is 5.32 Å². The van der Waals surface area contributed by atoms with Crippen molar-refractivity contribution in [2.75, 3.05) is 14.1 Å². The molecule has 0 aromatic heterocycles. The number of amides is 1. The lowest BCUT2D eigenvalue weighted by molar-refractivity contribution is -0.122. The smallest absolute Gasteiger partial charge is 0.242 e. The molecule has 5 nitrogen and oxygen atoms in total. The van der Waals surface area contributed by atoms with Crippen LogP contribution in [0.4, 0.5) is 4.39 Å². The number of rotatable bonds is 6. The van der Waals surface area contributed by atoms with Gasteiger partial charge in [-0.3, -0.25) is 4.79 Å². The highest BCUT2D eigenvalue weighted by molar-refractivity contribution is 7.89. The number of sulfonamides is 1. The fraction of sp³-hybridized carbons (Fsp3) is 0.316. The molecule has 0 heterocycles. The molecule has 0 bridgehead atoms. The van der Waals surface area contributed by atoms with Crippen LogP contribution in [0.15, 0.2) is 53.4 Å². The molecule has 1 fully saturated rings. The van der Waals surface area contributed by atoms with Crippen LogP contribution in [0.1, 0.15) is 23.5 Å². The van der Waals surface area contributed by atoms with Gasteiger partial charge in [0.2, 0.25) is 15.9 Å². The number of benzene rings is 2. The molecule has 0 saturated heterocycles. The highest BCUT2D eigenvalue weighted by atomic mass is 32.2. The van der Waals surface area contributed by atoms with Crippen molar-refractivity contribution in [3.05, 3.63) is 65.5 Å². The van der Waals surface area contributed by atoms with E-state index in [0.717, 1.165) is 4.31 Å². The summed E-state index contributed by atoms with van der Waals surface area (Å²) in [5.41, 5.74) is 1.08. The summed E-state index contributed by atoms with van der Waals surface area (Å²) >= 11 is 0. The Morgan fingerprint density at radius 3 is 2.50 bits per heavy atom. The summed E-state index contributed by atoms with van der Waals surface area (Å²) < 4.78 is 39.7. The largest absolute Gasteiger partial charge is 0.352 e. The maximum Gasteiger partial charge on any atom is 0.242 e. The quantitative estimate of drug-likeness (QED) is 0.842. The van der Waals surface area contributed by atoms with Gasteiger partial charge in [0.05, 0.1) is 4.90 Å². The van der Waals surface area contributed by atoms with Gasteiger partial charge in [0.1, 0.15) is 5.82 Å². The third-order valence-electron chi connectivity index (χ3n) is 4.62. The summed E-state index contributed by atoms with van der Waals surface area (Å²) in [5.74, 6) is -0.869. The Balaban J connectivity index is 1.68. The summed E-state index contributed by atoms with van der Waals surface area (Å²) in [7, 11) is -0.655. The van der Waals surface area contributed by atoms with E-state index in [9.17, 15) is 17.6 Å². The maximum absolute atomic E-state index is 13.8. The number of carbonyl (C=O) groups excluding carboxylic acids is 1. The van der Waals surface area contributed by atoms with E-state index in [1.165, 1.54) is 26.2 Å². The average Bonchev–Trinajstić information content (AvgIpc) is 3.40. The van der Waals surface area contributed by atoms with E-state index in [1.54, 1.807) is 36.4 Å². The fourth-order valence-corrected chi connectivity index (χ4v) is 4.13. The first-order chi connectivity index (χ1) is 12.3. The van der Waals surface area contributed by atoms with Gasteiger partial charge in [-0.15, -0.1) is 0 Å². The van der Waals surface area contributed by atoms with Crippen LogP contribution in [0.2, 0.25) is 0 Å². The summed E-state index contributed by atoms with van der Waals surface area (Å²) in [6, 6.07) is 13.1. The second kappa shape index (κ2) is 7.17. The SMILES string of the molecule is CN(C)S(=O)(=O)c1ccccc1CNC(=O)[C@H]1C[C@@H]1c1ccccc1F.